The molecule has 2 aliphatic heterocycles. The summed E-state index contributed by atoms with van der Waals surface area (Å²) in [6.07, 6.45) is 3.93. The van der Waals surface area contributed by atoms with Crippen LogP contribution in [0.1, 0.15) is 33.1 Å². The van der Waals surface area contributed by atoms with E-state index in [4.69, 9.17) is 10.6 Å². The van der Waals surface area contributed by atoms with Gasteiger partial charge in [-0.2, -0.15) is 0 Å². The summed E-state index contributed by atoms with van der Waals surface area (Å²) in [5.74, 6) is 6.86. The predicted octanol–water partition coefficient (Wildman–Crippen LogP) is 1.14. The fourth-order valence-electron chi connectivity index (χ4n) is 3.16. The molecule has 3 nitrogen and oxygen atoms in total. The summed E-state index contributed by atoms with van der Waals surface area (Å²) in [5.41, 5.74) is 0.150. The molecule has 0 aromatic carbocycles. The van der Waals surface area contributed by atoms with Gasteiger partial charge in [0, 0.05) is 13.2 Å². The third-order valence-electron chi connectivity index (χ3n) is 3.98. The standard InChI is InChI=1S/C10H20N2O/c1-7-4-9-6-10(5-7,12(9)11)8(2)13-3/h7-9H,4-6,11H2,1-3H3. The number of methoxy groups -OCH3 is 1. The molecular formula is C10H20N2O. The van der Waals surface area contributed by atoms with Crippen molar-refractivity contribution in [1.82, 2.24) is 5.01 Å². The van der Waals surface area contributed by atoms with Gasteiger partial charge in [-0.1, -0.05) is 6.92 Å². The molecule has 0 aromatic rings. The monoisotopic (exact) mass is 184 g/mol. The summed E-state index contributed by atoms with van der Waals surface area (Å²) in [6, 6.07) is 0.612. The number of piperidine rings is 1. The highest BCUT2D eigenvalue weighted by Crippen LogP contribution is 2.49. The van der Waals surface area contributed by atoms with Gasteiger partial charge < -0.3 is 4.74 Å². The van der Waals surface area contributed by atoms with E-state index in [9.17, 15) is 0 Å². The van der Waals surface area contributed by atoms with Crippen molar-refractivity contribution >= 4 is 0 Å². The largest absolute Gasteiger partial charge is 0.380 e. The Morgan fingerprint density at radius 2 is 2.23 bits per heavy atom. The maximum absolute atomic E-state index is 6.06. The van der Waals surface area contributed by atoms with Crippen molar-refractivity contribution in [2.45, 2.75) is 50.8 Å². The summed E-state index contributed by atoms with van der Waals surface area (Å²) in [4.78, 5) is 0. The molecule has 1 saturated carbocycles. The number of nitrogens with zero attached hydrogens (tertiary/aromatic N) is 1. The minimum Gasteiger partial charge on any atom is -0.380 e. The number of rotatable bonds is 2. The van der Waals surface area contributed by atoms with Crippen LogP contribution in [0.3, 0.4) is 0 Å². The van der Waals surface area contributed by atoms with Crippen molar-refractivity contribution < 1.29 is 4.74 Å². The first-order valence-electron chi connectivity index (χ1n) is 5.17. The number of fused-ring (bicyclic) bond motifs is 2. The highest BCUT2D eigenvalue weighted by Gasteiger charge is 2.57. The van der Waals surface area contributed by atoms with Crippen LogP contribution in [0.5, 0.6) is 0 Å². The van der Waals surface area contributed by atoms with E-state index < -0.39 is 0 Å². The Kier molecular flexibility index (Phi) is 2.13. The molecule has 2 heterocycles. The van der Waals surface area contributed by atoms with E-state index in [0.29, 0.717) is 6.04 Å². The molecule has 76 valence electrons. The molecule has 0 aromatic heterocycles. The second kappa shape index (κ2) is 2.94. The summed E-state index contributed by atoms with van der Waals surface area (Å²) in [5, 5.41) is 2.04. The Morgan fingerprint density at radius 3 is 2.77 bits per heavy atom. The van der Waals surface area contributed by atoms with E-state index in [1.54, 1.807) is 7.11 Å². The number of hydrazine groups is 1. The van der Waals surface area contributed by atoms with Crippen LogP contribution in [-0.2, 0) is 4.74 Å². The molecule has 0 amide bonds. The van der Waals surface area contributed by atoms with E-state index in [2.05, 4.69) is 13.8 Å². The fourth-order valence-corrected chi connectivity index (χ4v) is 3.16. The normalized spacial score (nSPS) is 47.1. The summed E-state index contributed by atoms with van der Waals surface area (Å²) < 4.78 is 5.43. The van der Waals surface area contributed by atoms with Crippen molar-refractivity contribution in [3.8, 4) is 0 Å². The molecule has 3 heteroatoms. The molecule has 13 heavy (non-hydrogen) atoms. The Bertz CT molecular complexity index is 203. The lowest BCUT2D eigenvalue weighted by molar-refractivity contribution is -0.188. The molecule has 3 rings (SSSR count). The second-order valence-electron chi connectivity index (χ2n) is 4.79. The van der Waals surface area contributed by atoms with Gasteiger partial charge in [0.05, 0.1) is 11.6 Å². The summed E-state index contributed by atoms with van der Waals surface area (Å²) in [7, 11) is 1.78. The minimum atomic E-state index is 0.150. The van der Waals surface area contributed by atoms with Gasteiger partial charge >= 0.3 is 0 Å². The van der Waals surface area contributed by atoms with Gasteiger partial charge in [0.15, 0.2) is 0 Å². The molecule has 2 saturated heterocycles. The van der Waals surface area contributed by atoms with E-state index >= 15 is 0 Å². The second-order valence-corrected chi connectivity index (χ2v) is 4.79. The van der Waals surface area contributed by atoms with E-state index in [1.165, 1.54) is 19.3 Å². The topological polar surface area (TPSA) is 38.5 Å². The molecule has 4 unspecified atom stereocenters. The average molecular weight is 184 g/mol. The molecule has 3 fully saturated rings. The third kappa shape index (κ3) is 1.14. The average Bonchev–Trinajstić information content (AvgIpc) is 2.14. The van der Waals surface area contributed by atoms with Crippen molar-refractivity contribution in [2.75, 3.05) is 7.11 Å². The minimum absolute atomic E-state index is 0.150. The van der Waals surface area contributed by atoms with Gasteiger partial charge in [-0.05, 0) is 32.1 Å². The molecule has 3 aliphatic rings. The van der Waals surface area contributed by atoms with Crippen molar-refractivity contribution in [3.63, 3.8) is 0 Å². The number of hydrogen-bond acceptors (Lipinski definition) is 3. The molecular weight excluding hydrogens is 164 g/mol. The first-order valence-corrected chi connectivity index (χ1v) is 5.17. The van der Waals surface area contributed by atoms with Crippen LogP contribution in [-0.4, -0.2) is 29.8 Å². The Morgan fingerprint density at radius 1 is 1.54 bits per heavy atom. The summed E-state index contributed by atoms with van der Waals surface area (Å²) >= 11 is 0. The Hall–Kier alpha value is -0.120. The van der Waals surface area contributed by atoms with E-state index in [-0.39, 0.29) is 11.6 Å². The van der Waals surface area contributed by atoms with Crippen LogP contribution < -0.4 is 5.84 Å². The molecule has 1 aliphatic carbocycles. The van der Waals surface area contributed by atoms with Crippen LogP contribution in [0.15, 0.2) is 0 Å². The number of hydrogen-bond donors (Lipinski definition) is 1. The lowest BCUT2D eigenvalue weighted by Crippen LogP contribution is -2.76. The maximum Gasteiger partial charge on any atom is 0.0741 e. The van der Waals surface area contributed by atoms with Crippen molar-refractivity contribution in [1.29, 1.82) is 0 Å². The van der Waals surface area contributed by atoms with Crippen LogP contribution in [0.25, 0.3) is 0 Å². The molecule has 4 atom stereocenters. The van der Waals surface area contributed by atoms with Crippen molar-refractivity contribution in [3.05, 3.63) is 0 Å². The Balaban J connectivity index is 2.13. The lowest BCUT2D eigenvalue weighted by Gasteiger charge is -2.63. The van der Waals surface area contributed by atoms with Gasteiger partial charge in [0.2, 0.25) is 0 Å². The van der Waals surface area contributed by atoms with Gasteiger partial charge in [0.25, 0.3) is 0 Å². The van der Waals surface area contributed by atoms with Gasteiger partial charge in [-0.3, -0.25) is 5.84 Å². The molecule has 2 N–H and O–H groups in total. The van der Waals surface area contributed by atoms with Gasteiger partial charge in [0.1, 0.15) is 0 Å². The van der Waals surface area contributed by atoms with Crippen LogP contribution in [0.2, 0.25) is 0 Å². The lowest BCUT2D eigenvalue weighted by atomic mass is 9.63. The van der Waals surface area contributed by atoms with Gasteiger partial charge in [-0.25, -0.2) is 5.01 Å². The SMILES string of the molecule is COC(C)C12CC(C)CC(C1)N2N. The fraction of sp³-hybridized carbons (Fsp3) is 1.00. The Labute approximate surface area is 80.2 Å². The quantitative estimate of drug-likeness (QED) is 0.654. The van der Waals surface area contributed by atoms with Crippen LogP contribution in [0, 0.1) is 5.92 Å². The zero-order valence-corrected chi connectivity index (χ0v) is 8.79. The smallest absolute Gasteiger partial charge is 0.0741 e. The molecule has 0 radical (unpaired) electrons. The molecule has 0 spiro atoms. The first kappa shape index (κ1) is 9.44. The van der Waals surface area contributed by atoms with E-state index in [1.807, 2.05) is 5.01 Å². The highest BCUT2D eigenvalue weighted by molar-refractivity contribution is 5.11. The zero-order chi connectivity index (χ0) is 9.64. The van der Waals surface area contributed by atoms with Crippen LogP contribution >= 0.6 is 0 Å². The first-order chi connectivity index (χ1) is 6.10. The third-order valence-corrected chi connectivity index (χ3v) is 3.98. The van der Waals surface area contributed by atoms with Gasteiger partial charge in [-0.15, -0.1) is 0 Å². The van der Waals surface area contributed by atoms with Crippen molar-refractivity contribution in [2.24, 2.45) is 11.8 Å². The number of nitrogens with two attached hydrogens (primary N) is 1. The maximum atomic E-state index is 6.06. The highest BCUT2D eigenvalue weighted by atomic mass is 16.5. The zero-order valence-electron chi connectivity index (χ0n) is 8.79. The van der Waals surface area contributed by atoms with Crippen LogP contribution in [0.4, 0.5) is 0 Å². The predicted molar refractivity (Wildman–Crippen MR) is 52.0 cm³/mol. The molecule has 2 bridgehead atoms. The summed E-state index contributed by atoms with van der Waals surface area (Å²) in [6.45, 7) is 4.45. The number of ether oxygens (including phenoxy) is 1. The van der Waals surface area contributed by atoms with E-state index in [0.717, 1.165) is 5.92 Å².